The van der Waals surface area contributed by atoms with Crippen molar-refractivity contribution in [3.05, 3.63) is 47.1 Å². The predicted molar refractivity (Wildman–Crippen MR) is 77.3 cm³/mol. The number of aromatic nitrogens is 3. The topological polar surface area (TPSA) is 50.7 Å². The van der Waals surface area contributed by atoms with Crippen LogP contribution >= 0.6 is 11.6 Å². The zero-order valence-corrected chi connectivity index (χ0v) is 11.9. The van der Waals surface area contributed by atoms with Crippen molar-refractivity contribution >= 4 is 17.4 Å². The second-order valence-corrected chi connectivity index (χ2v) is 4.75. The molecule has 0 aromatic carbocycles. The van der Waals surface area contributed by atoms with E-state index < -0.39 is 0 Å². The number of hydrogen-bond acceptors (Lipinski definition) is 4. The number of nitrogens with zero attached hydrogens (tertiary/aromatic N) is 3. The molecule has 0 aliphatic carbocycles. The average Bonchev–Trinajstić information content (AvgIpc) is 2.43. The van der Waals surface area contributed by atoms with Crippen molar-refractivity contribution in [2.24, 2.45) is 0 Å². The van der Waals surface area contributed by atoms with Crippen LogP contribution in [0.5, 0.6) is 0 Å². The van der Waals surface area contributed by atoms with Gasteiger partial charge in [0.05, 0.1) is 6.04 Å². The van der Waals surface area contributed by atoms with Gasteiger partial charge in [-0.05, 0) is 25.0 Å². The van der Waals surface area contributed by atoms with Gasteiger partial charge >= 0.3 is 0 Å². The summed E-state index contributed by atoms with van der Waals surface area (Å²) in [6.07, 6.45) is 6.96. The van der Waals surface area contributed by atoms with Gasteiger partial charge < -0.3 is 5.32 Å². The molecule has 0 fully saturated rings. The first-order valence-electron chi connectivity index (χ1n) is 6.38. The largest absolute Gasteiger partial charge is 0.363 e. The second kappa shape index (κ2) is 6.48. The number of hydrogen-bond donors (Lipinski definition) is 1. The molecule has 1 atom stereocenters. The summed E-state index contributed by atoms with van der Waals surface area (Å²) in [6.45, 7) is 4.18. The van der Waals surface area contributed by atoms with Gasteiger partial charge in [0.25, 0.3) is 0 Å². The van der Waals surface area contributed by atoms with E-state index in [0.717, 1.165) is 29.8 Å². The maximum atomic E-state index is 6.13. The van der Waals surface area contributed by atoms with E-state index in [9.17, 15) is 0 Å². The molecule has 0 spiro atoms. The van der Waals surface area contributed by atoms with E-state index in [-0.39, 0.29) is 6.04 Å². The molecular weight excluding hydrogens is 260 g/mol. The fourth-order valence-corrected chi connectivity index (χ4v) is 2.13. The van der Waals surface area contributed by atoms with E-state index in [0.29, 0.717) is 5.15 Å². The molecule has 1 N–H and O–H groups in total. The molecule has 2 rings (SSSR count). The van der Waals surface area contributed by atoms with Gasteiger partial charge in [0, 0.05) is 18.0 Å². The average molecular weight is 277 g/mol. The van der Waals surface area contributed by atoms with Crippen LogP contribution in [0.4, 0.5) is 5.82 Å². The number of halogens is 1. The van der Waals surface area contributed by atoms with Crippen LogP contribution in [-0.2, 0) is 6.42 Å². The van der Waals surface area contributed by atoms with Gasteiger partial charge in [-0.15, -0.1) is 0 Å². The molecule has 0 saturated heterocycles. The molecule has 19 heavy (non-hydrogen) atoms. The monoisotopic (exact) mass is 276 g/mol. The van der Waals surface area contributed by atoms with Crippen LogP contribution < -0.4 is 5.32 Å². The highest BCUT2D eigenvalue weighted by atomic mass is 35.5. The normalized spacial score (nSPS) is 12.2. The quantitative estimate of drug-likeness (QED) is 0.847. The van der Waals surface area contributed by atoms with Crippen molar-refractivity contribution in [2.45, 2.75) is 32.7 Å². The summed E-state index contributed by atoms with van der Waals surface area (Å²) in [4.78, 5) is 12.5. The molecule has 2 aromatic heterocycles. The molecule has 5 heteroatoms. The number of anilines is 1. The first kappa shape index (κ1) is 13.7. The molecule has 100 valence electrons. The Labute approximate surface area is 118 Å². The highest BCUT2D eigenvalue weighted by molar-refractivity contribution is 6.30. The Morgan fingerprint density at radius 2 is 2.21 bits per heavy atom. The number of rotatable bonds is 5. The highest BCUT2D eigenvalue weighted by Crippen LogP contribution is 2.25. The predicted octanol–water partition coefficient (Wildman–Crippen LogP) is 3.65. The van der Waals surface area contributed by atoms with Gasteiger partial charge in [0.1, 0.15) is 17.3 Å². The van der Waals surface area contributed by atoms with Crippen molar-refractivity contribution in [1.82, 2.24) is 15.0 Å². The first-order valence-corrected chi connectivity index (χ1v) is 6.76. The molecule has 2 heterocycles. The van der Waals surface area contributed by atoms with Crippen LogP contribution in [0.15, 0.2) is 30.9 Å². The van der Waals surface area contributed by atoms with Crippen LogP contribution in [0.1, 0.15) is 37.4 Å². The molecule has 0 radical (unpaired) electrons. The number of nitrogens with one attached hydrogen (secondary N) is 1. The minimum absolute atomic E-state index is 0.121. The van der Waals surface area contributed by atoms with Gasteiger partial charge in [-0.3, -0.25) is 4.98 Å². The third-order valence-corrected chi connectivity index (χ3v) is 3.26. The lowest BCUT2D eigenvalue weighted by Crippen LogP contribution is -2.11. The van der Waals surface area contributed by atoms with Crippen molar-refractivity contribution in [3.63, 3.8) is 0 Å². The Kier molecular flexibility index (Phi) is 4.68. The van der Waals surface area contributed by atoms with E-state index >= 15 is 0 Å². The Morgan fingerprint density at radius 3 is 2.89 bits per heavy atom. The zero-order valence-electron chi connectivity index (χ0n) is 11.1. The summed E-state index contributed by atoms with van der Waals surface area (Å²) in [5.74, 6) is 0.804. The van der Waals surface area contributed by atoms with Gasteiger partial charge in [-0.2, -0.15) is 0 Å². The summed E-state index contributed by atoms with van der Waals surface area (Å²) in [6, 6.07) is 4.08. The third-order valence-electron chi connectivity index (χ3n) is 2.93. The van der Waals surface area contributed by atoms with E-state index in [1.54, 1.807) is 6.20 Å². The maximum Gasteiger partial charge on any atom is 0.137 e. The molecule has 0 aliphatic heterocycles. The van der Waals surface area contributed by atoms with Crippen LogP contribution in [0.25, 0.3) is 0 Å². The Morgan fingerprint density at radius 1 is 1.37 bits per heavy atom. The van der Waals surface area contributed by atoms with Crippen molar-refractivity contribution in [3.8, 4) is 0 Å². The second-order valence-electron chi connectivity index (χ2n) is 4.39. The zero-order chi connectivity index (χ0) is 13.7. The third kappa shape index (κ3) is 3.41. The number of pyridine rings is 1. The van der Waals surface area contributed by atoms with E-state index in [4.69, 9.17) is 11.6 Å². The van der Waals surface area contributed by atoms with E-state index in [1.807, 2.05) is 18.3 Å². The summed E-state index contributed by atoms with van der Waals surface area (Å²) in [5.41, 5.74) is 2.09. The molecule has 0 amide bonds. The minimum atomic E-state index is 0.121. The van der Waals surface area contributed by atoms with Gasteiger partial charge in [-0.1, -0.05) is 31.0 Å². The summed E-state index contributed by atoms with van der Waals surface area (Å²) < 4.78 is 0. The fraction of sp³-hybridized carbons (Fsp3) is 0.357. The summed E-state index contributed by atoms with van der Waals surface area (Å²) >= 11 is 6.13. The Hall–Kier alpha value is -1.68. The maximum absolute atomic E-state index is 6.13. The van der Waals surface area contributed by atoms with Gasteiger partial charge in [0.2, 0.25) is 0 Å². The van der Waals surface area contributed by atoms with Crippen LogP contribution in [0, 0.1) is 0 Å². The SMILES string of the molecule is CCCc1c(Cl)ncnc1NC(C)c1cccnc1. The van der Waals surface area contributed by atoms with Crippen LogP contribution in [0.3, 0.4) is 0 Å². The van der Waals surface area contributed by atoms with Crippen LogP contribution in [0.2, 0.25) is 5.15 Å². The minimum Gasteiger partial charge on any atom is -0.363 e. The Bertz CT molecular complexity index is 530. The summed E-state index contributed by atoms with van der Waals surface area (Å²) in [7, 11) is 0. The lowest BCUT2D eigenvalue weighted by molar-refractivity contribution is 0.841. The molecule has 0 aliphatic rings. The molecule has 4 nitrogen and oxygen atoms in total. The highest BCUT2D eigenvalue weighted by Gasteiger charge is 2.12. The molecule has 1 unspecified atom stereocenters. The molecule has 0 saturated carbocycles. The van der Waals surface area contributed by atoms with Crippen molar-refractivity contribution in [1.29, 1.82) is 0 Å². The van der Waals surface area contributed by atoms with E-state index in [2.05, 4.69) is 34.1 Å². The first-order chi connectivity index (χ1) is 9.22. The molecule has 0 bridgehead atoms. The van der Waals surface area contributed by atoms with Crippen molar-refractivity contribution in [2.75, 3.05) is 5.32 Å². The van der Waals surface area contributed by atoms with E-state index in [1.165, 1.54) is 6.33 Å². The standard InChI is InChI=1S/C14H17ClN4/c1-3-5-12-13(15)17-9-18-14(12)19-10(2)11-6-4-7-16-8-11/h4,6-10H,3,5H2,1-2H3,(H,17,18,19). The fourth-order valence-electron chi connectivity index (χ4n) is 1.91. The molecule has 2 aromatic rings. The summed E-state index contributed by atoms with van der Waals surface area (Å²) in [5, 5.41) is 3.90. The smallest absolute Gasteiger partial charge is 0.137 e. The lowest BCUT2D eigenvalue weighted by atomic mass is 10.1. The molecular formula is C14H17ClN4. The lowest BCUT2D eigenvalue weighted by Gasteiger charge is -2.17. The van der Waals surface area contributed by atoms with Crippen molar-refractivity contribution < 1.29 is 0 Å². The van der Waals surface area contributed by atoms with Gasteiger partial charge in [-0.25, -0.2) is 9.97 Å². The Balaban J connectivity index is 2.21. The van der Waals surface area contributed by atoms with Crippen LogP contribution in [-0.4, -0.2) is 15.0 Å². The van der Waals surface area contributed by atoms with Gasteiger partial charge in [0.15, 0.2) is 0 Å².